The second kappa shape index (κ2) is 5.17. The number of nitrogens with one attached hydrogen (secondary N) is 1. The van der Waals surface area contributed by atoms with Gasteiger partial charge in [-0.2, -0.15) is 0 Å². The van der Waals surface area contributed by atoms with Crippen LogP contribution in [0.2, 0.25) is 0 Å². The zero-order valence-electron chi connectivity index (χ0n) is 10.9. The summed E-state index contributed by atoms with van der Waals surface area (Å²) < 4.78 is 1.22. The first-order chi connectivity index (χ1) is 9.29. The number of fused-ring (bicyclic) bond motifs is 1. The minimum atomic E-state index is 0.0990. The lowest BCUT2D eigenvalue weighted by Crippen LogP contribution is -2.42. The third-order valence-corrected chi connectivity index (χ3v) is 4.63. The number of carbonyl (C=O) groups excluding carboxylic acids is 1. The van der Waals surface area contributed by atoms with E-state index in [-0.39, 0.29) is 11.8 Å². The molecule has 100 valence electrons. The van der Waals surface area contributed by atoms with Gasteiger partial charge in [0.2, 0.25) is 5.91 Å². The summed E-state index contributed by atoms with van der Waals surface area (Å²) >= 11 is 1.72. The van der Waals surface area contributed by atoms with Crippen LogP contribution >= 0.6 is 11.3 Å². The van der Waals surface area contributed by atoms with Crippen molar-refractivity contribution in [3.8, 4) is 0 Å². The maximum atomic E-state index is 11.8. The number of amides is 1. The minimum absolute atomic E-state index is 0.0990. The lowest BCUT2D eigenvalue weighted by molar-refractivity contribution is -0.124. The third-order valence-electron chi connectivity index (χ3n) is 3.70. The Kier molecular flexibility index (Phi) is 3.38. The van der Waals surface area contributed by atoms with Gasteiger partial charge in [-0.3, -0.25) is 9.78 Å². The van der Waals surface area contributed by atoms with Crippen molar-refractivity contribution in [2.24, 2.45) is 5.92 Å². The standard InChI is InChI=1S/C14H17N3OS/c1-15-14(18)10-3-2-7-17(9-10)12-4-6-16-11-5-8-19-13(11)12/h4-6,8,10H,2-3,7,9H2,1H3,(H,15,18). The number of rotatable bonds is 2. The van der Waals surface area contributed by atoms with Crippen molar-refractivity contribution in [1.82, 2.24) is 10.3 Å². The van der Waals surface area contributed by atoms with Crippen molar-refractivity contribution >= 4 is 33.1 Å². The summed E-state index contributed by atoms with van der Waals surface area (Å²) in [4.78, 5) is 18.5. The molecule has 1 N–H and O–H groups in total. The average Bonchev–Trinajstić information content (AvgIpc) is 2.94. The maximum Gasteiger partial charge on any atom is 0.224 e. The molecule has 0 spiro atoms. The molecule has 0 radical (unpaired) electrons. The molecule has 1 aliphatic heterocycles. The van der Waals surface area contributed by atoms with E-state index in [4.69, 9.17) is 0 Å². The molecular weight excluding hydrogens is 258 g/mol. The van der Waals surface area contributed by atoms with Crippen LogP contribution in [0.15, 0.2) is 23.7 Å². The first kappa shape index (κ1) is 12.4. The Bertz CT molecular complexity index is 595. The number of nitrogens with zero attached hydrogens (tertiary/aromatic N) is 2. The van der Waals surface area contributed by atoms with Crippen molar-refractivity contribution in [3.05, 3.63) is 23.7 Å². The fourth-order valence-electron chi connectivity index (χ4n) is 2.72. The van der Waals surface area contributed by atoms with E-state index in [0.29, 0.717) is 0 Å². The first-order valence-electron chi connectivity index (χ1n) is 6.58. The van der Waals surface area contributed by atoms with E-state index in [9.17, 15) is 4.79 Å². The Morgan fingerprint density at radius 1 is 1.53 bits per heavy atom. The van der Waals surface area contributed by atoms with Gasteiger partial charge in [0.1, 0.15) is 0 Å². The number of carbonyl (C=O) groups is 1. The van der Waals surface area contributed by atoms with Gasteiger partial charge in [-0.05, 0) is 30.4 Å². The number of anilines is 1. The third kappa shape index (κ3) is 2.30. The van der Waals surface area contributed by atoms with Crippen molar-refractivity contribution in [2.45, 2.75) is 12.8 Å². The molecule has 1 unspecified atom stereocenters. The predicted molar refractivity (Wildman–Crippen MR) is 78.6 cm³/mol. The lowest BCUT2D eigenvalue weighted by Gasteiger charge is -2.33. The smallest absolute Gasteiger partial charge is 0.224 e. The summed E-state index contributed by atoms with van der Waals surface area (Å²) in [7, 11) is 1.71. The molecule has 1 amide bonds. The summed E-state index contributed by atoms with van der Waals surface area (Å²) in [5.74, 6) is 0.253. The molecule has 1 aliphatic rings. The minimum Gasteiger partial charge on any atom is -0.369 e. The van der Waals surface area contributed by atoms with E-state index in [1.807, 2.05) is 12.3 Å². The summed E-state index contributed by atoms with van der Waals surface area (Å²) in [6, 6.07) is 4.11. The summed E-state index contributed by atoms with van der Waals surface area (Å²) in [6.45, 7) is 1.82. The van der Waals surface area contributed by atoms with Gasteiger partial charge in [0.15, 0.2) is 0 Å². The van der Waals surface area contributed by atoms with E-state index >= 15 is 0 Å². The molecule has 4 nitrogen and oxygen atoms in total. The van der Waals surface area contributed by atoms with Crippen LogP contribution in [0.5, 0.6) is 0 Å². The number of aromatic nitrogens is 1. The number of piperidine rings is 1. The molecule has 2 aromatic rings. The fraction of sp³-hybridized carbons (Fsp3) is 0.429. The van der Waals surface area contributed by atoms with Gasteiger partial charge in [-0.1, -0.05) is 0 Å². The molecule has 1 fully saturated rings. The zero-order valence-corrected chi connectivity index (χ0v) is 11.7. The summed E-state index contributed by atoms with van der Waals surface area (Å²) in [6.07, 6.45) is 3.90. The second-order valence-corrected chi connectivity index (χ2v) is 5.78. The number of hydrogen-bond acceptors (Lipinski definition) is 4. The molecule has 0 aromatic carbocycles. The highest BCUT2D eigenvalue weighted by atomic mass is 32.1. The molecule has 2 aromatic heterocycles. The second-order valence-electron chi connectivity index (χ2n) is 4.86. The molecule has 1 saturated heterocycles. The van der Waals surface area contributed by atoms with E-state index < -0.39 is 0 Å². The van der Waals surface area contributed by atoms with Gasteiger partial charge in [-0.25, -0.2) is 0 Å². The Hall–Kier alpha value is -1.62. The average molecular weight is 275 g/mol. The summed E-state index contributed by atoms with van der Waals surface area (Å²) in [5, 5.41) is 4.83. The van der Waals surface area contributed by atoms with Crippen LogP contribution in [0.25, 0.3) is 10.2 Å². The SMILES string of the molecule is CNC(=O)C1CCCN(c2ccnc3ccsc23)C1. The van der Waals surface area contributed by atoms with E-state index in [1.54, 1.807) is 18.4 Å². The normalized spacial score (nSPS) is 19.6. The van der Waals surface area contributed by atoms with Gasteiger partial charge >= 0.3 is 0 Å². The van der Waals surface area contributed by atoms with Crippen LogP contribution in [0.1, 0.15) is 12.8 Å². The number of thiophene rings is 1. The fourth-order valence-corrected chi connectivity index (χ4v) is 3.62. The number of hydrogen-bond donors (Lipinski definition) is 1. The van der Waals surface area contributed by atoms with Crippen LogP contribution in [0.4, 0.5) is 5.69 Å². The lowest BCUT2D eigenvalue weighted by atomic mass is 9.97. The van der Waals surface area contributed by atoms with Gasteiger partial charge < -0.3 is 10.2 Å². The first-order valence-corrected chi connectivity index (χ1v) is 7.46. The molecule has 5 heteroatoms. The summed E-state index contributed by atoms with van der Waals surface area (Å²) in [5.41, 5.74) is 2.26. The Labute approximate surface area is 116 Å². The molecular formula is C14H17N3OS. The molecule has 0 saturated carbocycles. The topological polar surface area (TPSA) is 45.2 Å². The molecule has 3 rings (SSSR count). The van der Waals surface area contributed by atoms with Crippen molar-refractivity contribution < 1.29 is 4.79 Å². The Morgan fingerprint density at radius 2 is 2.42 bits per heavy atom. The molecule has 0 aliphatic carbocycles. The van der Waals surface area contributed by atoms with E-state index in [0.717, 1.165) is 31.4 Å². The van der Waals surface area contributed by atoms with Crippen molar-refractivity contribution in [2.75, 3.05) is 25.0 Å². The van der Waals surface area contributed by atoms with Gasteiger partial charge in [0, 0.05) is 26.3 Å². The van der Waals surface area contributed by atoms with Crippen LogP contribution in [-0.4, -0.2) is 31.0 Å². The van der Waals surface area contributed by atoms with Gasteiger partial charge in [0.25, 0.3) is 0 Å². The molecule has 3 heterocycles. The maximum absolute atomic E-state index is 11.8. The van der Waals surface area contributed by atoms with Crippen LogP contribution in [-0.2, 0) is 4.79 Å². The van der Waals surface area contributed by atoms with E-state index in [2.05, 4.69) is 26.6 Å². The van der Waals surface area contributed by atoms with Crippen LogP contribution in [0.3, 0.4) is 0 Å². The molecule has 1 atom stereocenters. The highest BCUT2D eigenvalue weighted by Crippen LogP contribution is 2.32. The predicted octanol–water partition coefficient (Wildman–Crippen LogP) is 2.26. The van der Waals surface area contributed by atoms with Crippen LogP contribution < -0.4 is 10.2 Å². The largest absolute Gasteiger partial charge is 0.369 e. The Morgan fingerprint density at radius 3 is 3.26 bits per heavy atom. The molecule has 0 bridgehead atoms. The quantitative estimate of drug-likeness (QED) is 0.914. The van der Waals surface area contributed by atoms with Gasteiger partial charge in [-0.15, -0.1) is 11.3 Å². The zero-order chi connectivity index (χ0) is 13.2. The monoisotopic (exact) mass is 275 g/mol. The highest BCUT2D eigenvalue weighted by Gasteiger charge is 2.26. The Balaban J connectivity index is 1.89. The van der Waals surface area contributed by atoms with Gasteiger partial charge in [0.05, 0.1) is 21.8 Å². The molecule has 19 heavy (non-hydrogen) atoms. The van der Waals surface area contributed by atoms with Crippen molar-refractivity contribution in [3.63, 3.8) is 0 Å². The highest BCUT2D eigenvalue weighted by molar-refractivity contribution is 7.17. The van der Waals surface area contributed by atoms with Crippen molar-refractivity contribution in [1.29, 1.82) is 0 Å². The number of pyridine rings is 1. The van der Waals surface area contributed by atoms with Crippen LogP contribution in [0, 0.1) is 5.92 Å². The van der Waals surface area contributed by atoms with E-state index in [1.165, 1.54) is 10.4 Å².